The van der Waals surface area contributed by atoms with E-state index in [1.165, 1.54) is 18.5 Å². The van der Waals surface area contributed by atoms with Crippen LogP contribution in [0, 0.1) is 0 Å². The van der Waals surface area contributed by atoms with Crippen molar-refractivity contribution in [1.82, 2.24) is 19.7 Å². The Morgan fingerprint density at radius 3 is 2.62 bits per heavy atom. The molecule has 0 aromatic carbocycles. The SMILES string of the molecule is C=Cc1ncccc1OCc1cccnc1-c1ccnn1CC(F)(F)F. The van der Waals surface area contributed by atoms with Crippen molar-refractivity contribution < 1.29 is 17.9 Å². The Hall–Kier alpha value is -3.16. The maximum absolute atomic E-state index is 12.7. The number of alkyl halides is 3. The van der Waals surface area contributed by atoms with Crippen LogP contribution in [-0.4, -0.2) is 25.9 Å². The summed E-state index contributed by atoms with van der Waals surface area (Å²) in [6.45, 7) is 2.61. The fourth-order valence-corrected chi connectivity index (χ4v) is 2.45. The fraction of sp³-hybridized carbons (Fsp3) is 0.167. The first kappa shape index (κ1) is 17.7. The van der Waals surface area contributed by atoms with Crippen LogP contribution in [0.4, 0.5) is 13.2 Å². The molecule has 0 saturated heterocycles. The smallest absolute Gasteiger partial charge is 0.408 e. The second-order valence-corrected chi connectivity index (χ2v) is 5.38. The number of rotatable bonds is 6. The lowest BCUT2D eigenvalue weighted by Gasteiger charge is -2.14. The molecule has 0 fully saturated rings. The van der Waals surface area contributed by atoms with Gasteiger partial charge in [0.2, 0.25) is 0 Å². The number of nitrogens with zero attached hydrogens (tertiary/aromatic N) is 4. The standard InChI is InChI=1S/C18H15F3N4O/c1-2-14-16(6-4-8-22-14)26-11-13-5-3-9-23-17(13)15-7-10-24-25(15)12-18(19,20)21/h2-10H,1,11-12H2. The Morgan fingerprint density at radius 2 is 1.85 bits per heavy atom. The summed E-state index contributed by atoms with van der Waals surface area (Å²) < 4.78 is 44.9. The summed E-state index contributed by atoms with van der Waals surface area (Å²) in [5.41, 5.74) is 1.88. The van der Waals surface area contributed by atoms with E-state index in [0.29, 0.717) is 22.7 Å². The molecule has 0 N–H and O–H groups in total. The van der Waals surface area contributed by atoms with Gasteiger partial charge < -0.3 is 4.74 Å². The van der Waals surface area contributed by atoms with Crippen molar-refractivity contribution in [2.75, 3.05) is 0 Å². The molecule has 0 aliphatic heterocycles. The Balaban J connectivity index is 1.88. The third kappa shape index (κ3) is 4.08. The van der Waals surface area contributed by atoms with Crippen LogP contribution in [0.15, 0.2) is 55.5 Å². The largest absolute Gasteiger partial charge is 0.487 e. The number of hydrogen-bond donors (Lipinski definition) is 0. The second-order valence-electron chi connectivity index (χ2n) is 5.38. The number of hydrogen-bond acceptors (Lipinski definition) is 4. The molecule has 0 saturated carbocycles. The van der Waals surface area contributed by atoms with Gasteiger partial charge in [-0.2, -0.15) is 18.3 Å². The van der Waals surface area contributed by atoms with E-state index >= 15 is 0 Å². The van der Waals surface area contributed by atoms with Crippen molar-refractivity contribution in [3.8, 4) is 17.1 Å². The molecule has 0 unspecified atom stereocenters. The molecule has 8 heteroatoms. The van der Waals surface area contributed by atoms with Crippen molar-refractivity contribution >= 4 is 6.08 Å². The third-order valence-electron chi connectivity index (χ3n) is 3.56. The van der Waals surface area contributed by atoms with Crippen LogP contribution in [-0.2, 0) is 13.2 Å². The van der Waals surface area contributed by atoms with E-state index < -0.39 is 12.7 Å². The molecule has 5 nitrogen and oxygen atoms in total. The molecule has 26 heavy (non-hydrogen) atoms. The summed E-state index contributed by atoms with van der Waals surface area (Å²) in [5.74, 6) is 0.529. The summed E-state index contributed by atoms with van der Waals surface area (Å²) in [4.78, 5) is 8.36. The van der Waals surface area contributed by atoms with Crippen LogP contribution in [0.2, 0.25) is 0 Å². The van der Waals surface area contributed by atoms with Crippen molar-refractivity contribution in [1.29, 1.82) is 0 Å². The molecule has 0 aliphatic carbocycles. The highest BCUT2D eigenvalue weighted by Gasteiger charge is 2.30. The highest BCUT2D eigenvalue weighted by molar-refractivity contribution is 5.59. The predicted molar refractivity (Wildman–Crippen MR) is 90.2 cm³/mol. The molecule has 134 valence electrons. The van der Waals surface area contributed by atoms with E-state index in [1.807, 2.05) is 0 Å². The minimum absolute atomic E-state index is 0.118. The Kier molecular flexibility index (Phi) is 5.01. The summed E-state index contributed by atoms with van der Waals surface area (Å²) >= 11 is 0. The maximum atomic E-state index is 12.7. The maximum Gasteiger partial charge on any atom is 0.408 e. The summed E-state index contributed by atoms with van der Waals surface area (Å²) in [6, 6.07) is 8.41. The lowest BCUT2D eigenvalue weighted by atomic mass is 10.1. The fourth-order valence-electron chi connectivity index (χ4n) is 2.45. The topological polar surface area (TPSA) is 52.8 Å². The normalized spacial score (nSPS) is 11.3. The summed E-state index contributed by atoms with van der Waals surface area (Å²) in [7, 11) is 0. The number of pyridine rings is 2. The van der Waals surface area contributed by atoms with Crippen LogP contribution < -0.4 is 4.74 Å². The Bertz CT molecular complexity index is 905. The molecule has 3 aromatic rings. The van der Waals surface area contributed by atoms with Gasteiger partial charge in [0.15, 0.2) is 0 Å². The molecule has 0 spiro atoms. The Morgan fingerprint density at radius 1 is 1.08 bits per heavy atom. The van der Waals surface area contributed by atoms with Crippen LogP contribution in [0.3, 0.4) is 0 Å². The molecule has 0 amide bonds. The van der Waals surface area contributed by atoms with Crippen LogP contribution >= 0.6 is 0 Å². The molecular formula is C18H15F3N4O. The second kappa shape index (κ2) is 7.38. The van der Waals surface area contributed by atoms with Gasteiger partial charge >= 0.3 is 6.18 Å². The van der Waals surface area contributed by atoms with E-state index in [-0.39, 0.29) is 12.3 Å². The van der Waals surface area contributed by atoms with Crippen molar-refractivity contribution in [3.63, 3.8) is 0 Å². The van der Waals surface area contributed by atoms with Gasteiger partial charge in [-0.15, -0.1) is 0 Å². The number of aromatic nitrogens is 4. The average molecular weight is 360 g/mol. The van der Waals surface area contributed by atoms with Gasteiger partial charge in [0.25, 0.3) is 0 Å². The molecule has 3 heterocycles. The molecule has 0 bridgehead atoms. The van der Waals surface area contributed by atoms with Gasteiger partial charge in [0, 0.05) is 24.2 Å². The van der Waals surface area contributed by atoms with Crippen molar-refractivity contribution in [3.05, 3.63) is 66.8 Å². The van der Waals surface area contributed by atoms with Gasteiger partial charge in [-0.1, -0.05) is 12.6 Å². The van der Waals surface area contributed by atoms with Crippen molar-refractivity contribution in [2.24, 2.45) is 0 Å². The van der Waals surface area contributed by atoms with Gasteiger partial charge in [0.1, 0.15) is 24.6 Å². The first-order valence-electron chi connectivity index (χ1n) is 7.71. The average Bonchev–Trinajstić information content (AvgIpc) is 3.06. The van der Waals surface area contributed by atoms with Crippen molar-refractivity contribution in [2.45, 2.75) is 19.3 Å². The highest BCUT2D eigenvalue weighted by atomic mass is 19.4. The molecule has 3 aromatic heterocycles. The Labute approximate surface area is 147 Å². The monoisotopic (exact) mass is 360 g/mol. The van der Waals surface area contributed by atoms with E-state index in [0.717, 1.165) is 4.68 Å². The van der Waals surface area contributed by atoms with E-state index in [1.54, 1.807) is 36.5 Å². The lowest BCUT2D eigenvalue weighted by Crippen LogP contribution is -2.19. The zero-order valence-electron chi connectivity index (χ0n) is 13.6. The lowest BCUT2D eigenvalue weighted by molar-refractivity contribution is -0.142. The molecule has 0 aliphatic rings. The quantitative estimate of drug-likeness (QED) is 0.663. The minimum atomic E-state index is -4.37. The van der Waals surface area contributed by atoms with Crippen LogP contribution in [0.1, 0.15) is 11.3 Å². The minimum Gasteiger partial charge on any atom is -0.487 e. The third-order valence-corrected chi connectivity index (χ3v) is 3.56. The van der Waals surface area contributed by atoms with E-state index in [2.05, 4.69) is 21.6 Å². The zero-order valence-corrected chi connectivity index (χ0v) is 13.6. The van der Waals surface area contributed by atoms with Gasteiger partial charge in [-0.25, -0.2) is 0 Å². The van der Waals surface area contributed by atoms with E-state index in [4.69, 9.17) is 4.74 Å². The van der Waals surface area contributed by atoms with Crippen LogP contribution in [0.25, 0.3) is 17.5 Å². The molecule has 0 atom stereocenters. The van der Waals surface area contributed by atoms with Gasteiger partial charge in [-0.3, -0.25) is 14.6 Å². The predicted octanol–water partition coefficient (Wildman–Crippen LogP) is 4.12. The first-order chi connectivity index (χ1) is 12.5. The summed E-state index contributed by atoms with van der Waals surface area (Å²) in [5, 5.41) is 3.76. The molecule has 0 radical (unpaired) electrons. The van der Waals surface area contributed by atoms with Gasteiger partial charge in [-0.05, 0) is 30.3 Å². The van der Waals surface area contributed by atoms with E-state index in [9.17, 15) is 13.2 Å². The molecular weight excluding hydrogens is 345 g/mol. The van der Waals surface area contributed by atoms with Gasteiger partial charge in [0.05, 0.1) is 11.4 Å². The molecule has 3 rings (SSSR count). The zero-order chi connectivity index (χ0) is 18.6. The van der Waals surface area contributed by atoms with Crippen LogP contribution in [0.5, 0.6) is 5.75 Å². The summed E-state index contributed by atoms with van der Waals surface area (Å²) in [6.07, 6.45) is 1.65. The number of ether oxygens (including phenoxy) is 1. The number of halogens is 3. The highest BCUT2D eigenvalue weighted by Crippen LogP contribution is 2.26. The first-order valence-corrected chi connectivity index (χ1v) is 7.71.